The molecular formula is C15H14BrClN2. The average Bonchev–Trinajstić information content (AvgIpc) is 2.85. The molecule has 0 bridgehead atoms. The molecule has 0 aliphatic heterocycles. The van der Waals surface area contributed by atoms with Gasteiger partial charge in [-0.05, 0) is 46.3 Å². The second kappa shape index (κ2) is 5.22. The molecule has 0 spiro atoms. The SMILES string of the molecule is CCc1nc(C2CCc3ccccc32)nc(Cl)c1Br. The smallest absolute Gasteiger partial charge is 0.147 e. The topological polar surface area (TPSA) is 25.8 Å². The Hall–Kier alpha value is -0.930. The molecule has 0 amide bonds. The largest absolute Gasteiger partial charge is 0.236 e. The quantitative estimate of drug-likeness (QED) is 0.752. The standard InChI is InChI=1S/C15H14BrClN2/c1-2-12-13(16)14(17)19-15(18-12)11-8-7-9-5-3-4-6-10(9)11/h3-6,11H,2,7-8H2,1H3. The van der Waals surface area contributed by atoms with E-state index in [1.54, 1.807) is 0 Å². The van der Waals surface area contributed by atoms with Crippen molar-refractivity contribution in [1.82, 2.24) is 9.97 Å². The first-order valence-electron chi connectivity index (χ1n) is 6.50. The molecule has 1 aromatic carbocycles. The predicted molar refractivity (Wildman–Crippen MR) is 80.7 cm³/mol. The van der Waals surface area contributed by atoms with Gasteiger partial charge in [0.1, 0.15) is 11.0 Å². The van der Waals surface area contributed by atoms with Gasteiger partial charge in [-0.15, -0.1) is 0 Å². The van der Waals surface area contributed by atoms with Crippen molar-refractivity contribution >= 4 is 27.5 Å². The molecule has 4 heteroatoms. The second-order valence-corrected chi connectivity index (χ2v) is 5.93. The summed E-state index contributed by atoms with van der Waals surface area (Å²) in [6.07, 6.45) is 3.02. The Morgan fingerprint density at radius 1 is 1.32 bits per heavy atom. The summed E-state index contributed by atoms with van der Waals surface area (Å²) in [5.74, 6) is 1.14. The van der Waals surface area contributed by atoms with Crippen molar-refractivity contribution in [1.29, 1.82) is 0 Å². The van der Waals surface area contributed by atoms with E-state index in [1.807, 2.05) is 0 Å². The van der Waals surface area contributed by atoms with Gasteiger partial charge in [-0.2, -0.15) is 0 Å². The van der Waals surface area contributed by atoms with E-state index in [0.717, 1.165) is 35.3 Å². The lowest BCUT2D eigenvalue weighted by atomic mass is 10.0. The number of rotatable bonds is 2. The fourth-order valence-electron chi connectivity index (χ4n) is 2.70. The summed E-state index contributed by atoms with van der Waals surface area (Å²) >= 11 is 9.66. The lowest BCUT2D eigenvalue weighted by Crippen LogP contribution is -2.06. The molecular weight excluding hydrogens is 324 g/mol. The van der Waals surface area contributed by atoms with Crippen molar-refractivity contribution in [3.8, 4) is 0 Å². The molecule has 98 valence electrons. The molecule has 0 radical (unpaired) electrons. The third-order valence-corrected chi connectivity index (χ3v) is 5.01. The minimum atomic E-state index is 0.284. The van der Waals surface area contributed by atoms with Crippen LogP contribution in [0, 0.1) is 0 Å². The highest BCUT2D eigenvalue weighted by atomic mass is 79.9. The van der Waals surface area contributed by atoms with Gasteiger partial charge in [0.05, 0.1) is 10.2 Å². The highest BCUT2D eigenvalue weighted by Gasteiger charge is 2.26. The van der Waals surface area contributed by atoms with Crippen molar-refractivity contribution in [3.05, 3.63) is 56.5 Å². The highest BCUT2D eigenvalue weighted by molar-refractivity contribution is 9.10. The summed E-state index contributed by atoms with van der Waals surface area (Å²) in [6.45, 7) is 2.08. The monoisotopic (exact) mass is 336 g/mol. The Labute approximate surface area is 126 Å². The number of fused-ring (bicyclic) bond motifs is 1. The van der Waals surface area contributed by atoms with Crippen molar-refractivity contribution in [2.75, 3.05) is 0 Å². The third-order valence-electron chi connectivity index (χ3n) is 3.68. The molecule has 2 aromatic rings. The first-order valence-corrected chi connectivity index (χ1v) is 7.67. The molecule has 1 atom stereocenters. The van der Waals surface area contributed by atoms with Crippen LogP contribution in [0.4, 0.5) is 0 Å². The van der Waals surface area contributed by atoms with E-state index in [9.17, 15) is 0 Å². The summed E-state index contributed by atoms with van der Waals surface area (Å²) in [6, 6.07) is 8.54. The lowest BCUT2D eigenvalue weighted by molar-refractivity contribution is 0.717. The van der Waals surface area contributed by atoms with E-state index < -0.39 is 0 Å². The number of aryl methyl sites for hydroxylation is 2. The maximum Gasteiger partial charge on any atom is 0.147 e. The van der Waals surface area contributed by atoms with Gasteiger partial charge in [0.25, 0.3) is 0 Å². The normalized spacial score (nSPS) is 17.5. The number of aromatic nitrogens is 2. The maximum absolute atomic E-state index is 6.21. The number of hydrogen-bond acceptors (Lipinski definition) is 2. The van der Waals surface area contributed by atoms with Crippen LogP contribution in [0.5, 0.6) is 0 Å². The van der Waals surface area contributed by atoms with E-state index in [4.69, 9.17) is 16.6 Å². The van der Waals surface area contributed by atoms with Crippen LogP contribution in [-0.4, -0.2) is 9.97 Å². The summed E-state index contributed by atoms with van der Waals surface area (Å²) in [5, 5.41) is 0.520. The predicted octanol–water partition coefficient (Wildman–Crippen LogP) is 4.53. The van der Waals surface area contributed by atoms with E-state index >= 15 is 0 Å². The molecule has 19 heavy (non-hydrogen) atoms. The van der Waals surface area contributed by atoms with E-state index in [1.165, 1.54) is 11.1 Å². The number of hydrogen-bond donors (Lipinski definition) is 0. The Kier molecular flexibility index (Phi) is 3.59. The fraction of sp³-hybridized carbons (Fsp3) is 0.333. The first-order chi connectivity index (χ1) is 9.20. The van der Waals surface area contributed by atoms with Gasteiger partial charge in [-0.25, -0.2) is 9.97 Å². The van der Waals surface area contributed by atoms with Crippen molar-refractivity contribution in [3.63, 3.8) is 0 Å². The molecule has 0 N–H and O–H groups in total. The molecule has 3 rings (SSSR count). The van der Waals surface area contributed by atoms with Crippen molar-refractivity contribution < 1.29 is 0 Å². The molecule has 1 unspecified atom stereocenters. The Morgan fingerprint density at radius 2 is 2.11 bits per heavy atom. The van der Waals surface area contributed by atoms with Crippen LogP contribution in [-0.2, 0) is 12.8 Å². The number of halogens is 2. The van der Waals surface area contributed by atoms with Gasteiger partial charge in [0.15, 0.2) is 0 Å². The summed E-state index contributed by atoms with van der Waals surface area (Å²) in [7, 11) is 0. The van der Waals surface area contributed by atoms with Crippen LogP contribution >= 0.6 is 27.5 Å². The Morgan fingerprint density at radius 3 is 2.89 bits per heavy atom. The van der Waals surface area contributed by atoms with Crippen LogP contribution in [0.15, 0.2) is 28.7 Å². The molecule has 1 aliphatic rings. The molecule has 1 aliphatic carbocycles. The zero-order valence-corrected chi connectivity index (χ0v) is 13.0. The lowest BCUT2D eigenvalue weighted by Gasteiger charge is -2.13. The zero-order valence-electron chi connectivity index (χ0n) is 10.7. The van der Waals surface area contributed by atoms with Crippen LogP contribution < -0.4 is 0 Å². The van der Waals surface area contributed by atoms with Crippen LogP contribution in [0.2, 0.25) is 5.15 Å². The van der Waals surface area contributed by atoms with E-state index in [0.29, 0.717) is 5.15 Å². The maximum atomic E-state index is 6.21. The van der Waals surface area contributed by atoms with Gasteiger partial charge in [-0.1, -0.05) is 42.8 Å². The van der Waals surface area contributed by atoms with Gasteiger partial charge < -0.3 is 0 Å². The van der Waals surface area contributed by atoms with Crippen molar-refractivity contribution in [2.24, 2.45) is 0 Å². The minimum absolute atomic E-state index is 0.284. The molecule has 0 saturated heterocycles. The van der Waals surface area contributed by atoms with E-state index in [-0.39, 0.29) is 5.92 Å². The number of nitrogens with zero attached hydrogens (tertiary/aromatic N) is 2. The Bertz CT molecular complexity index is 628. The van der Waals surface area contributed by atoms with Crippen molar-refractivity contribution in [2.45, 2.75) is 32.1 Å². The Balaban J connectivity index is 2.07. The fourth-order valence-corrected chi connectivity index (χ4v) is 3.35. The summed E-state index contributed by atoms with van der Waals surface area (Å²) in [4.78, 5) is 9.16. The second-order valence-electron chi connectivity index (χ2n) is 4.78. The first kappa shape index (κ1) is 13.1. The van der Waals surface area contributed by atoms with Crippen LogP contribution in [0.3, 0.4) is 0 Å². The molecule has 2 nitrogen and oxygen atoms in total. The molecule has 0 saturated carbocycles. The molecule has 1 aromatic heterocycles. The van der Waals surface area contributed by atoms with Gasteiger partial charge in [0, 0.05) is 5.92 Å². The van der Waals surface area contributed by atoms with Crippen LogP contribution in [0.1, 0.15) is 41.9 Å². The highest BCUT2D eigenvalue weighted by Crippen LogP contribution is 2.37. The summed E-state index contributed by atoms with van der Waals surface area (Å²) < 4.78 is 0.826. The average molecular weight is 338 g/mol. The van der Waals surface area contributed by atoms with E-state index in [2.05, 4.69) is 52.1 Å². The van der Waals surface area contributed by atoms with Crippen LogP contribution in [0.25, 0.3) is 0 Å². The summed E-state index contributed by atoms with van der Waals surface area (Å²) in [5.41, 5.74) is 3.75. The zero-order chi connectivity index (χ0) is 13.4. The minimum Gasteiger partial charge on any atom is -0.236 e. The van der Waals surface area contributed by atoms with Gasteiger partial charge in [0.2, 0.25) is 0 Å². The molecule has 1 heterocycles. The van der Waals surface area contributed by atoms with Gasteiger partial charge >= 0.3 is 0 Å². The molecule has 0 fully saturated rings. The number of benzene rings is 1. The third kappa shape index (κ3) is 2.30. The van der Waals surface area contributed by atoms with Gasteiger partial charge in [-0.3, -0.25) is 0 Å².